The highest BCUT2D eigenvalue weighted by Crippen LogP contribution is 2.12. The molecule has 2 aliphatic heterocycles. The lowest BCUT2D eigenvalue weighted by atomic mass is 10.1. The second kappa shape index (κ2) is 20.5. The molecular weight excluding hydrogens is 618 g/mol. The lowest BCUT2D eigenvalue weighted by Crippen LogP contribution is -2.47. The zero-order valence-electron chi connectivity index (χ0n) is 25.9. The van der Waals surface area contributed by atoms with E-state index in [0.717, 1.165) is 0 Å². The van der Waals surface area contributed by atoms with Gasteiger partial charge in [0.2, 0.25) is 11.9 Å². The van der Waals surface area contributed by atoms with E-state index in [9.17, 15) is 24.3 Å². The fourth-order valence-corrected chi connectivity index (χ4v) is 4.06. The molecular formula is C29H41N9O9. The van der Waals surface area contributed by atoms with E-state index in [1.165, 1.54) is 18.3 Å². The van der Waals surface area contributed by atoms with Crippen molar-refractivity contribution in [2.75, 3.05) is 77.8 Å². The van der Waals surface area contributed by atoms with Crippen LogP contribution in [0.4, 0.5) is 5.69 Å². The zero-order chi connectivity index (χ0) is 33.9. The molecule has 2 aliphatic rings. The third-order valence-electron chi connectivity index (χ3n) is 6.43. The van der Waals surface area contributed by atoms with E-state index in [-0.39, 0.29) is 55.8 Å². The van der Waals surface area contributed by atoms with Gasteiger partial charge in [0.05, 0.1) is 71.3 Å². The van der Waals surface area contributed by atoms with Crippen LogP contribution in [-0.2, 0) is 33.3 Å². The van der Waals surface area contributed by atoms with Crippen LogP contribution in [0.5, 0.6) is 0 Å². The van der Waals surface area contributed by atoms with Crippen molar-refractivity contribution in [2.45, 2.75) is 24.9 Å². The summed E-state index contributed by atoms with van der Waals surface area (Å²) in [6.45, 7) is 4.24. The number of nitrogens with two attached hydrogens (primary N) is 1. The van der Waals surface area contributed by atoms with E-state index in [1.54, 1.807) is 12.1 Å². The molecule has 3 rings (SSSR count). The summed E-state index contributed by atoms with van der Waals surface area (Å²) in [6.07, 6.45) is 1.25. The molecule has 3 amide bonds. The standard InChI is InChI=1S/C29H41N9O9/c30-7-9-44-11-13-46-15-16-47-14-12-45-10-8-32-23(39)6-5-22(28(42)43)36-26(40)19-1-3-20(4-2-19)33-17-21-18-34-25-24(35-21)27(41)38-29(31)37-25/h1-4,18,22,24,33H,5-17,30H2,(H,32,39)(H,36,40)(H,42,43)(H2,31,38,41)/t22-,24?/m0/s1. The van der Waals surface area contributed by atoms with Gasteiger partial charge in [-0.15, -0.1) is 0 Å². The molecule has 18 nitrogen and oxygen atoms in total. The molecule has 0 radical (unpaired) electrons. The van der Waals surface area contributed by atoms with Gasteiger partial charge in [-0.3, -0.25) is 30.1 Å². The summed E-state index contributed by atoms with van der Waals surface area (Å²) in [5.74, 6) is -2.84. The van der Waals surface area contributed by atoms with E-state index in [1.807, 2.05) is 0 Å². The minimum atomic E-state index is -1.26. The highest BCUT2D eigenvalue weighted by Gasteiger charge is 2.31. The van der Waals surface area contributed by atoms with Crippen molar-refractivity contribution in [1.82, 2.24) is 16.0 Å². The van der Waals surface area contributed by atoms with Crippen LogP contribution in [0.3, 0.4) is 0 Å². The number of carbonyl (C=O) groups excluding carboxylic acids is 3. The number of nitrogens with zero attached hydrogens (tertiary/aromatic N) is 3. The number of benzene rings is 1. The number of carboxylic acids is 1. The van der Waals surface area contributed by atoms with Gasteiger partial charge in [0.25, 0.3) is 11.8 Å². The Kier molecular flexibility index (Phi) is 16.1. The van der Waals surface area contributed by atoms with E-state index in [2.05, 4.69) is 36.2 Å². The fraction of sp³-hybridized carbons (Fsp3) is 0.517. The molecule has 1 unspecified atom stereocenters. The summed E-state index contributed by atoms with van der Waals surface area (Å²) >= 11 is 0. The van der Waals surface area contributed by atoms with Crippen LogP contribution in [0.15, 0.2) is 39.2 Å². The third-order valence-corrected chi connectivity index (χ3v) is 6.43. The van der Waals surface area contributed by atoms with Crippen LogP contribution < -0.4 is 27.0 Å². The Hall–Kier alpha value is -4.62. The summed E-state index contributed by atoms with van der Waals surface area (Å²) in [5.41, 5.74) is 6.68. The van der Waals surface area contributed by atoms with Gasteiger partial charge < -0.3 is 45.7 Å². The molecule has 47 heavy (non-hydrogen) atoms. The van der Waals surface area contributed by atoms with Gasteiger partial charge in [-0.1, -0.05) is 0 Å². The Labute approximate surface area is 271 Å². The Balaban J connectivity index is 1.28. The maximum atomic E-state index is 12.7. The number of nitrogens with one attached hydrogen (secondary N) is 5. The van der Waals surface area contributed by atoms with E-state index in [0.29, 0.717) is 64.2 Å². The zero-order valence-corrected chi connectivity index (χ0v) is 25.9. The van der Waals surface area contributed by atoms with Crippen LogP contribution >= 0.6 is 0 Å². The number of carboxylic acid groups (broad SMARTS) is 1. The summed E-state index contributed by atoms with van der Waals surface area (Å²) in [7, 11) is 0. The Morgan fingerprint density at radius 2 is 1.62 bits per heavy atom. The van der Waals surface area contributed by atoms with E-state index < -0.39 is 29.9 Å². The average molecular weight is 660 g/mol. The summed E-state index contributed by atoms with van der Waals surface area (Å²) < 4.78 is 21.3. The second-order valence-electron chi connectivity index (χ2n) is 10.0. The number of rotatable bonds is 23. The van der Waals surface area contributed by atoms with Crippen LogP contribution in [0, 0.1) is 5.41 Å². The highest BCUT2D eigenvalue weighted by atomic mass is 16.6. The molecule has 2 atom stereocenters. The molecule has 1 aromatic carbocycles. The van der Waals surface area contributed by atoms with Crippen LogP contribution in [0.2, 0.25) is 0 Å². The van der Waals surface area contributed by atoms with Gasteiger partial charge >= 0.3 is 5.97 Å². The predicted octanol–water partition coefficient (Wildman–Crippen LogP) is -1.44. The molecule has 8 N–H and O–H groups in total. The molecule has 0 spiro atoms. The van der Waals surface area contributed by atoms with E-state index >= 15 is 0 Å². The van der Waals surface area contributed by atoms with Gasteiger partial charge in [0.15, 0.2) is 11.9 Å². The molecule has 18 heteroatoms. The minimum Gasteiger partial charge on any atom is -0.480 e. The number of carbonyl (C=O) groups is 4. The number of aliphatic imine (C=N–C) groups is 3. The maximum absolute atomic E-state index is 12.7. The molecule has 1 aromatic rings. The number of amidine groups is 1. The number of hydrogen-bond acceptors (Lipinski definition) is 13. The Morgan fingerprint density at radius 1 is 0.979 bits per heavy atom. The van der Waals surface area contributed by atoms with Gasteiger partial charge in [-0.25, -0.2) is 9.79 Å². The normalized spacial score (nSPS) is 16.0. The monoisotopic (exact) mass is 659 g/mol. The smallest absolute Gasteiger partial charge is 0.326 e. The topological polar surface area (TPSA) is 260 Å². The highest BCUT2D eigenvalue weighted by molar-refractivity contribution is 6.38. The number of guanidine groups is 1. The number of ether oxygens (including phenoxy) is 4. The Morgan fingerprint density at radius 3 is 2.26 bits per heavy atom. The summed E-state index contributed by atoms with van der Waals surface area (Å²) in [6, 6.07) is 4.12. The molecule has 0 saturated heterocycles. The van der Waals surface area contributed by atoms with Crippen molar-refractivity contribution in [3.63, 3.8) is 0 Å². The first kappa shape index (κ1) is 36.8. The number of hydrogen-bond donors (Lipinski definition) is 7. The SMILES string of the molecule is N=C1N=C2N=CC(CNc3ccc(C(=O)N[C@@H](CCC(=O)NCCOCCOCCOCCOCCN)C(=O)O)cc3)=NC2C(=O)N1. The maximum Gasteiger partial charge on any atom is 0.326 e. The lowest BCUT2D eigenvalue weighted by Gasteiger charge is -2.21. The molecule has 0 saturated carbocycles. The van der Waals surface area contributed by atoms with Crippen molar-refractivity contribution < 1.29 is 43.2 Å². The third kappa shape index (κ3) is 13.7. The van der Waals surface area contributed by atoms with Crippen molar-refractivity contribution in [1.29, 1.82) is 5.41 Å². The quantitative estimate of drug-likeness (QED) is 0.0669. The number of amides is 3. The number of anilines is 1. The van der Waals surface area contributed by atoms with Crippen molar-refractivity contribution in [2.24, 2.45) is 20.7 Å². The number of fused-ring (bicyclic) bond motifs is 1. The van der Waals surface area contributed by atoms with Crippen molar-refractivity contribution in [3.8, 4) is 0 Å². The summed E-state index contributed by atoms with van der Waals surface area (Å²) in [4.78, 5) is 60.9. The molecule has 0 aliphatic carbocycles. The van der Waals surface area contributed by atoms with E-state index in [4.69, 9.17) is 30.1 Å². The average Bonchev–Trinajstić information content (AvgIpc) is 3.05. The molecule has 2 heterocycles. The first-order valence-corrected chi connectivity index (χ1v) is 15.0. The lowest BCUT2D eigenvalue weighted by molar-refractivity contribution is -0.139. The predicted molar refractivity (Wildman–Crippen MR) is 171 cm³/mol. The molecule has 256 valence electrons. The molecule has 0 fully saturated rings. The van der Waals surface area contributed by atoms with Crippen LogP contribution in [-0.4, -0.2) is 137 Å². The Bertz CT molecular complexity index is 1320. The van der Waals surface area contributed by atoms with Gasteiger partial charge in [-0.2, -0.15) is 4.99 Å². The minimum absolute atomic E-state index is 0.0985. The van der Waals surface area contributed by atoms with Crippen LogP contribution in [0.25, 0.3) is 0 Å². The van der Waals surface area contributed by atoms with Crippen LogP contribution in [0.1, 0.15) is 23.2 Å². The van der Waals surface area contributed by atoms with Crippen molar-refractivity contribution in [3.05, 3.63) is 29.8 Å². The molecule has 0 bridgehead atoms. The first-order chi connectivity index (χ1) is 22.8. The van der Waals surface area contributed by atoms with Gasteiger partial charge in [0, 0.05) is 30.8 Å². The first-order valence-electron chi connectivity index (χ1n) is 15.0. The number of aliphatic carboxylic acids is 1. The fourth-order valence-electron chi connectivity index (χ4n) is 4.06. The molecule has 0 aromatic heterocycles. The van der Waals surface area contributed by atoms with Gasteiger partial charge in [0.1, 0.15) is 6.04 Å². The van der Waals surface area contributed by atoms with Gasteiger partial charge in [-0.05, 0) is 30.7 Å². The van der Waals surface area contributed by atoms with Crippen molar-refractivity contribution >= 4 is 53.1 Å². The largest absolute Gasteiger partial charge is 0.480 e. The second-order valence-corrected chi connectivity index (χ2v) is 10.0. The summed E-state index contributed by atoms with van der Waals surface area (Å²) in [5, 5.41) is 27.5.